The van der Waals surface area contributed by atoms with Gasteiger partial charge in [0, 0.05) is 0 Å². The first-order chi connectivity index (χ1) is 1.89. The van der Waals surface area contributed by atoms with E-state index in [1.165, 1.54) is 0 Å². The summed E-state index contributed by atoms with van der Waals surface area (Å²) in [5.74, 6) is 0. The summed E-state index contributed by atoms with van der Waals surface area (Å²) in [7, 11) is 3.85. The Labute approximate surface area is 46.6 Å². The summed E-state index contributed by atoms with van der Waals surface area (Å²) >= 11 is 2.38. The zero-order chi connectivity index (χ0) is 2.99. The molecule has 0 aromatic heterocycles. The van der Waals surface area contributed by atoms with Gasteiger partial charge in [-0.25, -0.2) is 0 Å². The molecule has 1 aliphatic rings. The zero-order valence-electron chi connectivity index (χ0n) is 1.77. The highest BCUT2D eigenvalue weighted by Crippen LogP contribution is 2.57. The lowest BCUT2D eigenvalue weighted by Gasteiger charge is -1.44. The molecule has 1 fully saturated rings. The molecule has 0 amide bonds. The van der Waals surface area contributed by atoms with Crippen molar-refractivity contribution in [2.24, 2.45) is 0 Å². The lowest BCUT2D eigenvalue weighted by molar-refractivity contribution is 2.33. The minimum absolute atomic E-state index is 0.887. The Morgan fingerprint density at radius 3 is 1.75 bits per heavy atom. The molecule has 3 heteroatoms. The Kier molecular flexibility index (Phi) is 1.14. The number of alkyl halides is 1. The molecule has 1 saturated heterocycles. The molecule has 24 valence electrons. The van der Waals surface area contributed by atoms with Gasteiger partial charge in [0.15, 0.2) is 0 Å². The number of hydrogen-bond acceptors (Lipinski definition) is 2. The van der Waals surface area contributed by atoms with Gasteiger partial charge in [-0.05, 0) is 0 Å². The van der Waals surface area contributed by atoms with Gasteiger partial charge >= 0.3 is 0 Å². The van der Waals surface area contributed by atoms with Crippen LogP contribution in [-0.4, -0.2) is 2.59 Å². The van der Waals surface area contributed by atoms with Gasteiger partial charge in [-0.1, -0.05) is 44.2 Å². The topological polar surface area (TPSA) is 0 Å². The molecule has 0 nitrogen and oxygen atoms in total. The molecule has 0 unspecified atom stereocenters. The first-order valence-electron chi connectivity index (χ1n) is 0.856. The van der Waals surface area contributed by atoms with Gasteiger partial charge < -0.3 is 0 Å². The van der Waals surface area contributed by atoms with Gasteiger partial charge in [0.1, 0.15) is 2.59 Å². The predicted molar refractivity (Wildman–Crippen MR) is 33.0 cm³/mol. The fourth-order valence-corrected chi connectivity index (χ4v) is 1.27. The van der Waals surface area contributed by atoms with E-state index in [2.05, 4.69) is 22.6 Å². The molecule has 0 aromatic rings. The molecule has 1 aliphatic heterocycles. The van der Waals surface area contributed by atoms with Crippen molar-refractivity contribution in [2.45, 2.75) is 2.59 Å². The summed E-state index contributed by atoms with van der Waals surface area (Å²) in [6.45, 7) is 0. The quantitative estimate of drug-likeness (QED) is 0.256. The smallest absolute Gasteiger partial charge is 0.0659 e. The molecular weight excluding hydrogens is 203 g/mol. The van der Waals surface area contributed by atoms with Crippen molar-refractivity contribution in [3.05, 3.63) is 0 Å². The highest BCUT2D eigenvalue weighted by Gasteiger charge is 2.18. The van der Waals surface area contributed by atoms with Gasteiger partial charge in [0.25, 0.3) is 0 Å². The highest BCUT2D eigenvalue weighted by molar-refractivity contribution is 14.1. The molecular formula is CHIS2. The van der Waals surface area contributed by atoms with Crippen LogP contribution in [0.15, 0.2) is 0 Å². The van der Waals surface area contributed by atoms with Gasteiger partial charge in [-0.3, -0.25) is 0 Å². The standard InChI is InChI=1S/CHIS2/c2-1-3-4-1/h1H. The van der Waals surface area contributed by atoms with Crippen molar-refractivity contribution < 1.29 is 0 Å². The maximum Gasteiger partial charge on any atom is 0.122 e. The second-order valence-corrected chi connectivity index (χ2v) is 6.18. The van der Waals surface area contributed by atoms with E-state index in [1.54, 1.807) is 0 Å². The van der Waals surface area contributed by atoms with E-state index in [1.807, 2.05) is 21.6 Å². The molecule has 0 spiro atoms. The van der Waals surface area contributed by atoms with E-state index in [4.69, 9.17) is 0 Å². The first-order valence-corrected chi connectivity index (χ1v) is 4.38. The lowest BCUT2D eigenvalue weighted by Crippen LogP contribution is -1.33. The van der Waals surface area contributed by atoms with Crippen molar-refractivity contribution in [3.63, 3.8) is 0 Å². The molecule has 4 heavy (non-hydrogen) atoms. The molecule has 0 radical (unpaired) electrons. The third kappa shape index (κ3) is 1.03. The van der Waals surface area contributed by atoms with Crippen LogP contribution in [-0.2, 0) is 0 Å². The lowest BCUT2D eigenvalue weighted by atomic mass is 11.9. The average molecular weight is 204 g/mol. The summed E-state index contributed by atoms with van der Waals surface area (Å²) in [6, 6.07) is 0. The van der Waals surface area contributed by atoms with Crippen LogP contribution in [0.1, 0.15) is 0 Å². The van der Waals surface area contributed by atoms with E-state index >= 15 is 0 Å². The van der Waals surface area contributed by atoms with Crippen molar-refractivity contribution in [1.29, 1.82) is 0 Å². The molecule has 0 atom stereocenters. The van der Waals surface area contributed by atoms with Crippen molar-refractivity contribution >= 4 is 44.2 Å². The number of halogens is 1. The van der Waals surface area contributed by atoms with Crippen molar-refractivity contribution in [1.82, 2.24) is 0 Å². The summed E-state index contributed by atoms with van der Waals surface area (Å²) in [5.41, 5.74) is 0. The summed E-state index contributed by atoms with van der Waals surface area (Å²) in [4.78, 5) is 0. The van der Waals surface area contributed by atoms with Gasteiger partial charge in [0.2, 0.25) is 0 Å². The SMILES string of the molecule is IC1SS1. The predicted octanol–water partition coefficient (Wildman–Crippen LogP) is 2.10. The Bertz CT molecular complexity index is 25.2. The van der Waals surface area contributed by atoms with Crippen molar-refractivity contribution in [3.8, 4) is 0 Å². The van der Waals surface area contributed by atoms with Crippen LogP contribution >= 0.6 is 44.2 Å². The minimum Gasteiger partial charge on any atom is -0.0659 e. The van der Waals surface area contributed by atoms with Crippen LogP contribution < -0.4 is 0 Å². The fraction of sp³-hybridized carbons (Fsp3) is 1.00. The normalized spacial score (nSPS) is 26.2. The fourth-order valence-electron chi connectivity index (χ4n) is 0.0210. The molecule has 0 saturated carbocycles. The third-order valence-electron chi connectivity index (χ3n) is 0.169. The monoisotopic (exact) mass is 204 g/mol. The van der Waals surface area contributed by atoms with Crippen LogP contribution in [0.25, 0.3) is 0 Å². The maximum absolute atomic E-state index is 2.38. The molecule has 0 N–H and O–H groups in total. The molecule has 0 aromatic carbocycles. The zero-order valence-corrected chi connectivity index (χ0v) is 5.56. The van der Waals surface area contributed by atoms with Gasteiger partial charge in [0.05, 0.1) is 0 Å². The Balaban J connectivity index is 2.17. The third-order valence-corrected chi connectivity index (χ3v) is 5.26. The van der Waals surface area contributed by atoms with E-state index in [0.29, 0.717) is 0 Å². The molecule has 1 rings (SSSR count). The molecule has 1 heterocycles. The largest absolute Gasteiger partial charge is 0.122 e. The highest BCUT2D eigenvalue weighted by atomic mass is 127. The van der Waals surface area contributed by atoms with Gasteiger partial charge in [-0.2, -0.15) is 0 Å². The van der Waals surface area contributed by atoms with Crippen molar-refractivity contribution in [2.75, 3.05) is 0 Å². The summed E-state index contributed by atoms with van der Waals surface area (Å²) in [6.07, 6.45) is 0. The van der Waals surface area contributed by atoms with E-state index in [9.17, 15) is 0 Å². The van der Waals surface area contributed by atoms with E-state index in [0.717, 1.165) is 2.59 Å². The average Bonchev–Trinajstić information content (AvgIpc) is 1.75. The molecule has 0 aliphatic carbocycles. The first kappa shape index (κ1) is 3.61. The Morgan fingerprint density at radius 1 is 1.50 bits per heavy atom. The second-order valence-electron chi connectivity index (χ2n) is 0.467. The molecule has 0 bridgehead atoms. The minimum atomic E-state index is 0.887. The number of hydrogen-bond donors (Lipinski definition) is 0. The van der Waals surface area contributed by atoms with E-state index in [-0.39, 0.29) is 0 Å². The summed E-state index contributed by atoms with van der Waals surface area (Å²) < 4.78 is 0.887. The van der Waals surface area contributed by atoms with Crippen LogP contribution in [0, 0.1) is 0 Å². The number of rotatable bonds is 0. The van der Waals surface area contributed by atoms with Crippen LogP contribution in [0.3, 0.4) is 0 Å². The van der Waals surface area contributed by atoms with Crippen LogP contribution in [0.4, 0.5) is 0 Å². The van der Waals surface area contributed by atoms with Crippen LogP contribution in [0.2, 0.25) is 0 Å². The van der Waals surface area contributed by atoms with Crippen LogP contribution in [0.5, 0.6) is 0 Å². The Hall–Kier alpha value is 1.43. The maximum atomic E-state index is 2.38. The summed E-state index contributed by atoms with van der Waals surface area (Å²) in [5, 5.41) is 0. The Morgan fingerprint density at radius 2 is 1.75 bits per heavy atom. The van der Waals surface area contributed by atoms with E-state index < -0.39 is 0 Å². The van der Waals surface area contributed by atoms with Gasteiger partial charge in [-0.15, -0.1) is 0 Å². The second kappa shape index (κ2) is 1.26.